The molecule has 3 aromatic rings. The fraction of sp³-hybridized carbons (Fsp3) is 0.312. The van der Waals surface area contributed by atoms with Gasteiger partial charge in [0.1, 0.15) is 11.1 Å². The fourth-order valence-electron chi connectivity index (χ4n) is 5.92. The van der Waals surface area contributed by atoms with Gasteiger partial charge in [-0.2, -0.15) is 14.6 Å². The summed E-state index contributed by atoms with van der Waals surface area (Å²) in [5, 5.41) is 19.5. The Labute approximate surface area is 261 Å². The zero-order valence-corrected chi connectivity index (χ0v) is 25.5. The largest absolute Gasteiger partial charge is 0.339 e. The van der Waals surface area contributed by atoms with Crippen LogP contribution in [0.1, 0.15) is 43.2 Å². The van der Waals surface area contributed by atoms with E-state index >= 15 is 0 Å². The van der Waals surface area contributed by atoms with Crippen molar-refractivity contribution in [1.82, 2.24) is 14.3 Å². The molecular weight excluding hydrogens is 598 g/mol. The van der Waals surface area contributed by atoms with Crippen molar-refractivity contribution in [1.29, 1.82) is 5.26 Å². The first-order valence-corrected chi connectivity index (χ1v) is 16.5. The first kappa shape index (κ1) is 29.8. The van der Waals surface area contributed by atoms with Crippen LogP contribution in [-0.4, -0.2) is 41.7 Å². The number of benzene rings is 2. The second-order valence-corrected chi connectivity index (χ2v) is 13.6. The summed E-state index contributed by atoms with van der Waals surface area (Å²) in [6, 6.07) is 14.0. The number of halogens is 1. The number of carbonyl (C=O) groups is 1. The third-order valence-corrected chi connectivity index (χ3v) is 10.5. The van der Waals surface area contributed by atoms with Gasteiger partial charge in [-0.05, 0) is 85.9 Å². The fourth-order valence-corrected chi connectivity index (χ4v) is 7.67. The summed E-state index contributed by atoms with van der Waals surface area (Å²) in [4.78, 5) is 22.1. The Morgan fingerprint density at radius 2 is 1.95 bits per heavy atom. The van der Waals surface area contributed by atoms with Crippen LogP contribution in [-0.2, 0) is 21.2 Å². The molecule has 1 amide bonds. The third kappa shape index (κ3) is 6.63. The Bertz CT molecular complexity index is 1790. The van der Waals surface area contributed by atoms with Crippen molar-refractivity contribution in [3.05, 3.63) is 88.7 Å². The molecule has 1 atom stereocenters. The SMILES string of the molecule is N#Cc1ccccc1S(=O)(=O)N1CCC(CC(=O)Nc2ccc3cc2CCC2C=CC=C(C2)Nc2ncc(Cl)c(n2)N3)CC1. The van der Waals surface area contributed by atoms with E-state index in [-0.39, 0.29) is 22.3 Å². The highest BCUT2D eigenvalue weighted by molar-refractivity contribution is 7.89. The molecule has 6 rings (SSSR count). The number of anilines is 4. The molecule has 1 fully saturated rings. The Hall–Kier alpha value is -4.24. The number of piperidine rings is 1. The van der Waals surface area contributed by atoms with Crippen LogP contribution in [0.4, 0.5) is 23.1 Å². The van der Waals surface area contributed by atoms with Crippen LogP contribution in [0.25, 0.3) is 0 Å². The number of aromatic nitrogens is 2. The number of fused-ring (bicyclic) bond motifs is 6. The summed E-state index contributed by atoms with van der Waals surface area (Å²) >= 11 is 6.39. The van der Waals surface area contributed by atoms with Crippen LogP contribution >= 0.6 is 11.6 Å². The Balaban J connectivity index is 1.13. The number of sulfonamides is 1. The van der Waals surface area contributed by atoms with E-state index in [2.05, 4.69) is 32.0 Å². The van der Waals surface area contributed by atoms with Crippen molar-refractivity contribution < 1.29 is 13.2 Å². The number of aryl methyl sites for hydroxylation is 1. The van der Waals surface area contributed by atoms with E-state index in [1.54, 1.807) is 18.3 Å². The summed E-state index contributed by atoms with van der Waals surface area (Å²) in [5.74, 6) is 1.22. The maximum absolute atomic E-state index is 13.2. The van der Waals surface area contributed by atoms with Gasteiger partial charge in [0.05, 0.1) is 16.7 Å². The quantitative estimate of drug-likeness (QED) is 0.312. The predicted octanol–water partition coefficient (Wildman–Crippen LogP) is 5.99. The Morgan fingerprint density at radius 3 is 2.77 bits per heavy atom. The van der Waals surface area contributed by atoms with Gasteiger partial charge in [0.25, 0.3) is 0 Å². The molecule has 1 aliphatic carbocycles. The van der Waals surface area contributed by atoms with Crippen molar-refractivity contribution in [3.8, 4) is 6.07 Å². The predicted molar refractivity (Wildman–Crippen MR) is 170 cm³/mol. The summed E-state index contributed by atoms with van der Waals surface area (Å²) in [5.41, 5.74) is 3.72. The number of rotatable bonds is 5. The number of allylic oxidation sites excluding steroid dienone is 4. The molecule has 3 aliphatic rings. The zero-order valence-electron chi connectivity index (χ0n) is 24.0. The van der Waals surface area contributed by atoms with Crippen LogP contribution in [0, 0.1) is 23.2 Å². The van der Waals surface area contributed by atoms with Crippen molar-refractivity contribution in [2.24, 2.45) is 11.8 Å². The zero-order chi connectivity index (χ0) is 30.7. The summed E-state index contributed by atoms with van der Waals surface area (Å²) < 4.78 is 27.8. The van der Waals surface area contributed by atoms with Crippen LogP contribution in [0.2, 0.25) is 5.02 Å². The van der Waals surface area contributed by atoms with Gasteiger partial charge in [0.15, 0.2) is 5.82 Å². The molecule has 3 heterocycles. The molecule has 1 saturated heterocycles. The number of amides is 1. The molecule has 1 aromatic heterocycles. The van der Waals surface area contributed by atoms with E-state index in [4.69, 9.17) is 11.6 Å². The van der Waals surface area contributed by atoms with Gasteiger partial charge < -0.3 is 16.0 Å². The van der Waals surface area contributed by atoms with Gasteiger partial charge in [-0.15, -0.1) is 0 Å². The maximum Gasteiger partial charge on any atom is 0.244 e. The van der Waals surface area contributed by atoms with Gasteiger partial charge in [-0.25, -0.2) is 13.4 Å². The summed E-state index contributed by atoms with van der Waals surface area (Å²) in [6.45, 7) is 0.609. The first-order chi connectivity index (χ1) is 21.3. The second kappa shape index (κ2) is 12.8. The molecule has 12 heteroatoms. The highest BCUT2D eigenvalue weighted by Crippen LogP contribution is 2.32. The molecule has 2 aromatic carbocycles. The molecule has 6 bridgehead atoms. The highest BCUT2D eigenvalue weighted by Gasteiger charge is 2.31. The lowest BCUT2D eigenvalue weighted by Crippen LogP contribution is -2.39. The number of nitrogens with one attached hydrogen (secondary N) is 3. The minimum Gasteiger partial charge on any atom is -0.339 e. The van der Waals surface area contributed by atoms with E-state index in [1.165, 1.54) is 16.4 Å². The molecule has 10 nitrogen and oxygen atoms in total. The van der Waals surface area contributed by atoms with E-state index < -0.39 is 10.0 Å². The standard InChI is InChI=1S/C32H32ClN7O3S/c33-27-20-35-32-37-25-6-3-4-21(16-25)8-9-23-18-26(36-31(27)39-32)10-11-28(23)38-30(41)17-22-12-14-40(15-13-22)44(42,43)29-7-2-1-5-24(29)19-34/h1-7,10-11,18,20-22H,8-9,12-17H2,(H,38,41)(H2,35,36,37,39). The van der Waals surface area contributed by atoms with Crippen LogP contribution < -0.4 is 16.0 Å². The Kier molecular flexibility index (Phi) is 8.66. The van der Waals surface area contributed by atoms with Gasteiger partial charge in [0, 0.05) is 36.6 Å². The lowest BCUT2D eigenvalue weighted by atomic mass is 9.91. The monoisotopic (exact) mass is 629 g/mol. The van der Waals surface area contributed by atoms with Crippen molar-refractivity contribution in [2.45, 2.75) is 43.4 Å². The molecule has 3 N–H and O–H groups in total. The smallest absolute Gasteiger partial charge is 0.244 e. The Morgan fingerprint density at radius 1 is 1.14 bits per heavy atom. The topological polar surface area (TPSA) is 140 Å². The van der Waals surface area contributed by atoms with Gasteiger partial charge in [0.2, 0.25) is 21.9 Å². The maximum atomic E-state index is 13.2. The van der Waals surface area contributed by atoms with Gasteiger partial charge in [-0.3, -0.25) is 4.79 Å². The average Bonchev–Trinajstić information content (AvgIpc) is 3.03. The lowest BCUT2D eigenvalue weighted by Gasteiger charge is -2.31. The third-order valence-electron chi connectivity index (χ3n) is 8.28. The van der Waals surface area contributed by atoms with Crippen molar-refractivity contribution in [2.75, 3.05) is 29.0 Å². The molecule has 226 valence electrons. The van der Waals surface area contributed by atoms with Gasteiger partial charge >= 0.3 is 0 Å². The van der Waals surface area contributed by atoms with E-state index in [0.717, 1.165) is 41.9 Å². The van der Waals surface area contributed by atoms with Crippen LogP contribution in [0.5, 0.6) is 0 Å². The highest BCUT2D eigenvalue weighted by atomic mass is 35.5. The molecule has 0 spiro atoms. The summed E-state index contributed by atoms with van der Waals surface area (Å²) in [6.07, 6.45) is 11.7. The second-order valence-electron chi connectivity index (χ2n) is 11.3. The lowest BCUT2D eigenvalue weighted by molar-refractivity contribution is -0.117. The van der Waals surface area contributed by atoms with E-state index in [1.807, 2.05) is 36.4 Å². The number of hydrogen-bond donors (Lipinski definition) is 3. The van der Waals surface area contributed by atoms with Crippen LogP contribution in [0.15, 0.2) is 77.5 Å². The van der Waals surface area contributed by atoms with E-state index in [0.29, 0.717) is 55.1 Å². The number of nitrogens with zero attached hydrogens (tertiary/aromatic N) is 4. The van der Waals surface area contributed by atoms with E-state index in [9.17, 15) is 18.5 Å². The first-order valence-electron chi connectivity index (χ1n) is 14.6. The normalized spacial score (nSPS) is 18.7. The minimum atomic E-state index is -3.78. The molecular formula is C32H32ClN7O3S. The van der Waals surface area contributed by atoms with Gasteiger partial charge in [-0.1, -0.05) is 35.9 Å². The van der Waals surface area contributed by atoms with Crippen molar-refractivity contribution >= 4 is 50.7 Å². The molecule has 0 saturated carbocycles. The molecule has 2 aliphatic heterocycles. The minimum absolute atomic E-state index is 0.0282. The number of carbonyl (C=O) groups excluding carboxylic acids is 1. The average molecular weight is 630 g/mol. The molecule has 0 radical (unpaired) electrons. The summed E-state index contributed by atoms with van der Waals surface area (Å²) in [7, 11) is -3.78. The number of hydrogen-bond acceptors (Lipinski definition) is 8. The molecule has 44 heavy (non-hydrogen) atoms. The molecule has 1 unspecified atom stereocenters. The van der Waals surface area contributed by atoms with Crippen LogP contribution in [0.3, 0.4) is 0 Å². The number of nitriles is 1. The van der Waals surface area contributed by atoms with Crippen molar-refractivity contribution in [3.63, 3.8) is 0 Å².